The molecule has 0 aliphatic heterocycles. The number of hydrogen-bond donors (Lipinski definition) is 0. The van der Waals surface area contributed by atoms with E-state index in [2.05, 4.69) is 3.34 Å². The van der Waals surface area contributed by atoms with Crippen molar-refractivity contribution >= 4 is 18.4 Å². The Balaban J connectivity index is 3.45. The summed E-state index contributed by atoms with van der Waals surface area (Å²) < 4.78 is 3.99. The molecule has 0 atom stereocenters. The maximum absolute atomic E-state index is 5.45. The molecule has 43 valence electrons. The summed E-state index contributed by atoms with van der Waals surface area (Å²) in [6.45, 7) is 3.95. The molecule has 0 saturated heterocycles. The van der Waals surface area contributed by atoms with E-state index in [4.69, 9.17) is 18.4 Å². The van der Waals surface area contributed by atoms with E-state index in [9.17, 15) is 0 Å². The standard InChI is InChI=1S/C3H7N.2ClH.Nb/c1-3(2)4;;;/h3H,1-2H3;2*1H;/q;;;+2/p-2. The molecule has 0 spiro atoms. The first-order valence-corrected chi connectivity index (χ1v) is 8.60. The Morgan fingerprint density at radius 2 is 1.86 bits per heavy atom. The molecule has 0 aliphatic rings. The molecule has 0 radical (unpaired) electrons. The average molecular weight is 221 g/mol. The molecule has 0 bridgehead atoms. The second-order valence-corrected chi connectivity index (χ2v) is 7.86. The van der Waals surface area contributed by atoms with Crippen LogP contribution in [0.3, 0.4) is 0 Å². The fourth-order valence-electron chi connectivity index (χ4n) is 0.175. The van der Waals surface area contributed by atoms with E-state index >= 15 is 0 Å². The molecule has 0 aromatic carbocycles. The second-order valence-electron chi connectivity index (χ2n) is 1.42. The van der Waals surface area contributed by atoms with Crippen LogP contribution in [0.2, 0.25) is 0 Å². The average Bonchev–Trinajstić information content (AvgIpc) is 1.27. The molecule has 0 heterocycles. The van der Waals surface area contributed by atoms with Crippen molar-refractivity contribution in [1.29, 1.82) is 0 Å². The molecule has 0 fully saturated rings. The van der Waals surface area contributed by atoms with Gasteiger partial charge in [0.25, 0.3) is 0 Å². The molecule has 0 rings (SSSR count). The fourth-order valence-corrected chi connectivity index (χ4v) is 3.10. The van der Waals surface area contributed by atoms with Gasteiger partial charge in [-0.15, -0.1) is 0 Å². The van der Waals surface area contributed by atoms with Crippen molar-refractivity contribution in [2.75, 3.05) is 0 Å². The van der Waals surface area contributed by atoms with Crippen LogP contribution in [-0.4, -0.2) is 6.04 Å². The van der Waals surface area contributed by atoms with Crippen molar-refractivity contribution in [3.63, 3.8) is 0 Å². The van der Waals surface area contributed by atoms with E-state index in [1.807, 2.05) is 13.8 Å². The van der Waals surface area contributed by atoms with E-state index in [1.54, 1.807) is 0 Å². The topological polar surface area (TPSA) is 12.4 Å². The summed E-state index contributed by atoms with van der Waals surface area (Å²) >= 11 is -2.01. The van der Waals surface area contributed by atoms with Crippen LogP contribution in [0.1, 0.15) is 13.8 Å². The van der Waals surface area contributed by atoms with Gasteiger partial charge in [0.05, 0.1) is 0 Å². The normalized spacial score (nSPS) is 9.29. The van der Waals surface area contributed by atoms with Gasteiger partial charge in [0.2, 0.25) is 0 Å². The second kappa shape index (κ2) is 4.04. The van der Waals surface area contributed by atoms with Gasteiger partial charge in [-0.25, -0.2) is 0 Å². The van der Waals surface area contributed by atoms with Crippen molar-refractivity contribution in [2.45, 2.75) is 19.9 Å². The molecular formula is C3H7Cl2NNb. The summed E-state index contributed by atoms with van der Waals surface area (Å²) in [4.78, 5) is 0. The van der Waals surface area contributed by atoms with Gasteiger partial charge in [0.15, 0.2) is 0 Å². The third-order valence-corrected chi connectivity index (χ3v) is 2.92. The van der Waals surface area contributed by atoms with Crippen LogP contribution >= 0.6 is 18.4 Å². The first kappa shape index (κ1) is 8.12. The summed E-state index contributed by atoms with van der Waals surface area (Å²) in [5, 5.41) is 0. The van der Waals surface area contributed by atoms with Crippen molar-refractivity contribution in [1.82, 2.24) is 0 Å². The fraction of sp³-hybridized carbons (Fsp3) is 1.00. The number of rotatable bonds is 1. The zero-order valence-corrected chi connectivity index (χ0v) is 7.94. The van der Waals surface area contributed by atoms with Crippen LogP contribution in [0.25, 0.3) is 0 Å². The molecular weight excluding hydrogens is 214 g/mol. The Morgan fingerprint density at radius 3 is 1.86 bits per heavy atom. The van der Waals surface area contributed by atoms with Crippen LogP contribution in [0.5, 0.6) is 0 Å². The first-order chi connectivity index (χ1) is 3.13. The Bertz CT molecular complexity index is 77.0. The Labute approximate surface area is 57.6 Å². The molecule has 0 aliphatic carbocycles. The van der Waals surface area contributed by atoms with Crippen molar-refractivity contribution in [3.8, 4) is 0 Å². The van der Waals surface area contributed by atoms with Gasteiger partial charge >= 0.3 is 57.7 Å². The van der Waals surface area contributed by atoms with Gasteiger partial charge in [-0.3, -0.25) is 0 Å². The van der Waals surface area contributed by atoms with Crippen LogP contribution in [-0.2, 0) is 16.1 Å². The molecule has 0 saturated carbocycles. The predicted octanol–water partition coefficient (Wildman–Crippen LogP) is 2.50. The monoisotopic (exact) mass is 220 g/mol. The van der Waals surface area contributed by atoms with Gasteiger partial charge < -0.3 is 0 Å². The van der Waals surface area contributed by atoms with E-state index in [0.717, 1.165) is 0 Å². The van der Waals surface area contributed by atoms with Gasteiger partial charge in [-0.05, 0) is 0 Å². The molecule has 0 N–H and O–H groups in total. The SMILES string of the molecule is CC(C)[N]=[Nb]([Cl])[Cl]. The summed E-state index contributed by atoms with van der Waals surface area (Å²) in [6, 6.07) is 0.318. The molecule has 7 heavy (non-hydrogen) atoms. The van der Waals surface area contributed by atoms with Gasteiger partial charge in [-0.2, -0.15) is 0 Å². The van der Waals surface area contributed by atoms with Crippen LogP contribution in [0.15, 0.2) is 3.34 Å². The summed E-state index contributed by atoms with van der Waals surface area (Å²) in [7, 11) is 10.9. The Morgan fingerprint density at radius 1 is 1.43 bits per heavy atom. The van der Waals surface area contributed by atoms with Gasteiger partial charge in [0, 0.05) is 0 Å². The third-order valence-electron chi connectivity index (χ3n) is 0.318. The van der Waals surface area contributed by atoms with Crippen LogP contribution in [0.4, 0.5) is 0 Å². The van der Waals surface area contributed by atoms with E-state index in [-0.39, 0.29) is 0 Å². The van der Waals surface area contributed by atoms with Gasteiger partial charge in [0.1, 0.15) is 0 Å². The van der Waals surface area contributed by atoms with E-state index in [1.165, 1.54) is 0 Å². The van der Waals surface area contributed by atoms with Crippen molar-refractivity contribution in [2.24, 2.45) is 3.34 Å². The van der Waals surface area contributed by atoms with Crippen molar-refractivity contribution in [3.05, 3.63) is 0 Å². The quantitative estimate of drug-likeness (QED) is 0.603. The minimum atomic E-state index is -2.01. The molecule has 0 aromatic heterocycles. The molecule has 1 nitrogen and oxygen atoms in total. The van der Waals surface area contributed by atoms with E-state index in [0.29, 0.717) is 6.04 Å². The molecule has 0 amide bonds. The summed E-state index contributed by atoms with van der Waals surface area (Å²) in [5.74, 6) is 0. The van der Waals surface area contributed by atoms with Crippen molar-refractivity contribution < 1.29 is 16.1 Å². The number of halogens is 2. The number of hydrogen-bond acceptors (Lipinski definition) is 1. The minimum absolute atomic E-state index is 0.318. The molecule has 0 unspecified atom stereocenters. The van der Waals surface area contributed by atoms with Crippen LogP contribution < -0.4 is 0 Å². The Kier molecular flexibility index (Phi) is 4.69. The summed E-state index contributed by atoms with van der Waals surface area (Å²) in [6.07, 6.45) is 0. The van der Waals surface area contributed by atoms with Gasteiger partial charge in [-0.1, -0.05) is 0 Å². The zero-order valence-electron chi connectivity index (χ0n) is 4.23. The Hall–Kier alpha value is 1.12. The first-order valence-electron chi connectivity index (χ1n) is 1.95. The third kappa shape index (κ3) is 7.12. The van der Waals surface area contributed by atoms with E-state index < -0.39 is 16.1 Å². The maximum atomic E-state index is 5.45. The van der Waals surface area contributed by atoms with Crippen LogP contribution in [0, 0.1) is 0 Å². The molecule has 0 aromatic rings. The predicted molar refractivity (Wildman–Crippen MR) is 29.3 cm³/mol. The molecule has 4 heteroatoms. The number of nitrogens with zero attached hydrogens (tertiary/aromatic N) is 1. The summed E-state index contributed by atoms with van der Waals surface area (Å²) in [5.41, 5.74) is 0. The zero-order chi connectivity index (χ0) is 5.86.